The van der Waals surface area contributed by atoms with Crippen LogP contribution in [0.4, 0.5) is 8.78 Å². The third-order valence-corrected chi connectivity index (χ3v) is 7.15. The molecule has 0 aromatic heterocycles. The topological polar surface area (TPSA) is 78.2 Å². The van der Waals surface area contributed by atoms with Crippen molar-refractivity contribution in [3.8, 4) is 6.07 Å². The molecule has 1 aliphatic heterocycles. The molecule has 0 bridgehead atoms. The fourth-order valence-corrected chi connectivity index (χ4v) is 4.96. The van der Waals surface area contributed by atoms with Gasteiger partial charge in [-0.2, -0.15) is 9.57 Å². The van der Waals surface area contributed by atoms with E-state index >= 15 is 0 Å². The van der Waals surface area contributed by atoms with E-state index in [1.165, 1.54) is 24.3 Å². The van der Waals surface area contributed by atoms with Gasteiger partial charge in [-0.15, -0.1) is 0 Å². The lowest BCUT2D eigenvalue weighted by molar-refractivity contribution is -0.113. The van der Waals surface area contributed by atoms with Crippen LogP contribution in [0.15, 0.2) is 88.8 Å². The van der Waals surface area contributed by atoms with Crippen molar-refractivity contribution in [1.29, 1.82) is 5.26 Å². The molecule has 34 heavy (non-hydrogen) atoms. The molecule has 0 saturated carbocycles. The van der Waals surface area contributed by atoms with Crippen molar-refractivity contribution in [2.75, 3.05) is 13.1 Å². The normalized spacial score (nSPS) is 17.1. The number of Topliss-reactive ketones (excluding diaryl/α,β-unsaturated/α-hetero) is 1. The third-order valence-electron chi connectivity index (χ3n) is 5.34. The van der Waals surface area contributed by atoms with E-state index in [1.807, 2.05) is 6.07 Å². The van der Waals surface area contributed by atoms with E-state index in [9.17, 15) is 22.0 Å². The van der Waals surface area contributed by atoms with Crippen molar-refractivity contribution in [1.82, 2.24) is 4.31 Å². The Kier molecular flexibility index (Phi) is 6.50. The van der Waals surface area contributed by atoms with Gasteiger partial charge in [0.05, 0.1) is 16.5 Å². The number of nitriles is 1. The number of ketones is 1. The van der Waals surface area contributed by atoms with E-state index in [0.717, 1.165) is 28.6 Å². The number of carbonyl (C=O) groups is 1. The van der Waals surface area contributed by atoms with Crippen LogP contribution in [0, 0.1) is 23.0 Å². The molecule has 0 atom stereocenters. The summed E-state index contributed by atoms with van der Waals surface area (Å²) in [5.41, 5.74) is 1.49. The Labute approximate surface area is 195 Å². The number of benzene rings is 3. The number of carbonyl (C=O) groups excluding carboxylic acids is 1. The second kappa shape index (κ2) is 9.51. The molecule has 1 aliphatic rings. The van der Waals surface area contributed by atoms with Crippen molar-refractivity contribution >= 4 is 28.0 Å². The van der Waals surface area contributed by atoms with Crippen molar-refractivity contribution < 1.29 is 22.0 Å². The van der Waals surface area contributed by atoms with Gasteiger partial charge < -0.3 is 0 Å². The minimum Gasteiger partial charge on any atom is -0.289 e. The van der Waals surface area contributed by atoms with E-state index < -0.39 is 27.4 Å². The molecule has 5 nitrogen and oxygen atoms in total. The van der Waals surface area contributed by atoms with E-state index in [1.54, 1.807) is 36.4 Å². The van der Waals surface area contributed by atoms with Crippen molar-refractivity contribution in [2.45, 2.75) is 4.90 Å². The van der Waals surface area contributed by atoms with Gasteiger partial charge in [-0.05, 0) is 60.2 Å². The molecular formula is C26H18F2N2O3S. The Morgan fingerprint density at radius 1 is 0.853 bits per heavy atom. The van der Waals surface area contributed by atoms with Crippen molar-refractivity contribution in [3.05, 3.63) is 112 Å². The van der Waals surface area contributed by atoms with Gasteiger partial charge in [-0.3, -0.25) is 4.79 Å². The van der Waals surface area contributed by atoms with Crippen molar-refractivity contribution in [2.24, 2.45) is 0 Å². The molecule has 1 saturated heterocycles. The van der Waals surface area contributed by atoms with Gasteiger partial charge >= 0.3 is 0 Å². The van der Waals surface area contributed by atoms with E-state index in [4.69, 9.17) is 5.26 Å². The number of nitrogens with zero attached hydrogens (tertiary/aromatic N) is 2. The minimum absolute atomic E-state index is 0.0990. The molecule has 3 aromatic rings. The Morgan fingerprint density at radius 3 is 2.09 bits per heavy atom. The fourth-order valence-electron chi connectivity index (χ4n) is 3.57. The van der Waals surface area contributed by atoms with Gasteiger partial charge in [0.15, 0.2) is 5.78 Å². The highest BCUT2D eigenvalue weighted by molar-refractivity contribution is 7.89. The monoisotopic (exact) mass is 476 g/mol. The summed E-state index contributed by atoms with van der Waals surface area (Å²) < 4.78 is 55.3. The third kappa shape index (κ3) is 4.86. The Balaban J connectivity index is 1.79. The van der Waals surface area contributed by atoms with Gasteiger partial charge in [-0.1, -0.05) is 30.3 Å². The summed E-state index contributed by atoms with van der Waals surface area (Å²) in [6, 6.07) is 18.8. The molecule has 1 heterocycles. The summed E-state index contributed by atoms with van der Waals surface area (Å²) in [6.07, 6.45) is 2.89. The molecule has 0 spiro atoms. The number of piperidine rings is 1. The highest BCUT2D eigenvalue weighted by Crippen LogP contribution is 2.27. The molecule has 170 valence electrons. The lowest BCUT2D eigenvalue weighted by Gasteiger charge is -2.29. The van der Waals surface area contributed by atoms with Gasteiger partial charge in [0.2, 0.25) is 10.0 Å². The standard InChI is InChI=1S/C26H18F2N2O3S/c27-23-9-11-24(12-10-23)34(32,33)30-16-21(13-18-5-7-19(15-29)8-6-18)26(31)22(17-30)14-20-3-1-2-4-25(20)28/h1-14H,16-17H2/b21-13+,22-14+. The number of sulfonamides is 1. The lowest BCUT2D eigenvalue weighted by Crippen LogP contribution is -2.41. The zero-order chi connectivity index (χ0) is 24.3. The highest BCUT2D eigenvalue weighted by Gasteiger charge is 2.34. The first-order valence-corrected chi connectivity index (χ1v) is 11.7. The summed E-state index contributed by atoms with van der Waals surface area (Å²) in [6.45, 7) is -0.481. The van der Waals surface area contributed by atoms with E-state index in [-0.39, 0.29) is 34.7 Å². The summed E-state index contributed by atoms with van der Waals surface area (Å²) in [7, 11) is -4.08. The molecule has 3 aromatic carbocycles. The lowest BCUT2D eigenvalue weighted by atomic mass is 9.95. The molecule has 4 rings (SSSR count). The Hall–Kier alpha value is -3.93. The Morgan fingerprint density at radius 2 is 1.47 bits per heavy atom. The SMILES string of the molecule is N#Cc1ccc(/C=C2\CN(S(=O)(=O)c3ccc(F)cc3)C/C(=C\c3ccccc3F)C2=O)cc1. The first kappa shape index (κ1) is 23.2. The van der Waals surface area contributed by atoms with Gasteiger partial charge in [0.25, 0.3) is 0 Å². The first-order chi connectivity index (χ1) is 16.3. The molecule has 8 heteroatoms. The summed E-state index contributed by atoms with van der Waals surface area (Å²) in [4.78, 5) is 13.1. The predicted octanol–water partition coefficient (Wildman–Crippen LogP) is 4.58. The average Bonchev–Trinajstić information content (AvgIpc) is 2.83. The smallest absolute Gasteiger partial charge is 0.243 e. The second-order valence-electron chi connectivity index (χ2n) is 7.65. The molecule has 0 aliphatic carbocycles. The van der Waals surface area contributed by atoms with Gasteiger partial charge in [0.1, 0.15) is 11.6 Å². The predicted molar refractivity (Wildman–Crippen MR) is 124 cm³/mol. The van der Waals surface area contributed by atoms with Gasteiger partial charge in [-0.25, -0.2) is 17.2 Å². The molecule has 0 amide bonds. The molecule has 0 radical (unpaired) electrons. The number of hydrogen-bond donors (Lipinski definition) is 0. The van der Waals surface area contributed by atoms with Crippen LogP contribution in [-0.4, -0.2) is 31.6 Å². The van der Waals surface area contributed by atoms with Crippen LogP contribution < -0.4 is 0 Å². The molecule has 0 N–H and O–H groups in total. The number of halogens is 2. The zero-order valence-corrected chi connectivity index (χ0v) is 18.6. The van der Waals surface area contributed by atoms with Crippen LogP contribution in [0.2, 0.25) is 0 Å². The maximum atomic E-state index is 14.3. The molecule has 0 unspecified atom stereocenters. The summed E-state index contributed by atoms with van der Waals surface area (Å²) >= 11 is 0. The molecular weight excluding hydrogens is 458 g/mol. The number of rotatable bonds is 4. The number of hydrogen-bond acceptors (Lipinski definition) is 4. The maximum absolute atomic E-state index is 14.3. The largest absolute Gasteiger partial charge is 0.289 e. The summed E-state index contributed by atoms with van der Waals surface area (Å²) in [5.74, 6) is -1.52. The minimum atomic E-state index is -4.08. The van der Waals surface area contributed by atoms with Gasteiger partial charge in [0, 0.05) is 29.8 Å². The summed E-state index contributed by atoms with van der Waals surface area (Å²) in [5, 5.41) is 8.98. The first-order valence-electron chi connectivity index (χ1n) is 10.2. The highest BCUT2D eigenvalue weighted by atomic mass is 32.2. The van der Waals surface area contributed by atoms with Crippen LogP contribution in [0.5, 0.6) is 0 Å². The van der Waals surface area contributed by atoms with Crippen LogP contribution in [0.1, 0.15) is 16.7 Å². The van der Waals surface area contributed by atoms with Crippen LogP contribution in [0.25, 0.3) is 12.2 Å². The fraction of sp³-hybridized carbons (Fsp3) is 0.0769. The Bertz CT molecular complexity index is 1450. The average molecular weight is 477 g/mol. The zero-order valence-electron chi connectivity index (χ0n) is 17.8. The van der Waals surface area contributed by atoms with E-state index in [0.29, 0.717) is 11.1 Å². The maximum Gasteiger partial charge on any atom is 0.243 e. The van der Waals surface area contributed by atoms with Crippen LogP contribution >= 0.6 is 0 Å². The quantitative estimate of drug-likeness (QED) is 0.517. The molecule has 1 fully saturated rings. The van der Waals surface area contributed by atoms with Crippen LogP contribution in [0.3, 0.4) is 0 Å². The second-order valence-corrected chi connectivity index (χ2v) is 9.59. The van der Waals surface area contributed by atoms with Crippen LogP contribution in [-0.2, 0) is 14.8 Å². The van der Waals surface area contributed by atoms with E-state index in [2.05, 4.69) is 0 Å². The van der Waals surface area contributed by atoms with Crippen molar-refractivity contribution in [3.63, 3.8) is 0 Å².